The zero-order valence-electron chi connectivity index (χ0n) is 31.4. The summed E-state index contributed by atoms with van der Waals surface area (Å²) < 4.78 is 0. The fraction of sp³-hybridized carbons (Fsp3) is 0.571. The lowest BCUT2D eigenvalue weighted by Crippen LogP contribution is -2.26. The molecule has 6 N–H and O–H groups in total. The van der Waals surface area contributed by atoms with Crippen LogP contribution in [-0.2, 0) is 0 Å². The van der Waals surface area contributed by atoms with Crippen molar-refractivity contribution in [3.8, 4) is 0 Å². The average Bonchev–Trinajstić information content (AvgIpc) is 3.17. The van der Waals surface area contributed by atoms with Crippen LogP contribution < -0.4 is 19.6 Å². The molecule has 52 heavy (non-hydrogen) atoms. The lowest BCUT2D eigenvalue weighted by molar-refractivity contribution is 0.281. The van der Waals surface area contributed by atoms with E-state index in [9.17, 15) is 30.6 Å². The SMILES string of the molecule is OCCCCN(CCCCO)c1ccc(N(c2ccc(N(CCCCO)CCCCO)cc2)c2ccc(N(CCCCO)CCCCO)cc2)cc1. The van der Waals surface area contributed by atoms with E-state index in [4.69, 9.17) is 0 Å². The Morgan fingerprint density at radius 3 is 0.596 bits per heavy atom. The van der Waals surface area contributed by atoms with Gasteiger partial charge in [0, 0.05) is 113 Å². The van der Waals surface area contributed by atoms with Gasteiger partial charge < -0.3 is 50.2 Å². The minimum absolute atomic E-state index is 0.183. The maximum atomic E-state index is 9.37. The smallest absolute Gasteiger partial charge is 0.0463 e. The van der Waals surface area contributed by atoms with Gasteiger partial charge in [-0.15, -0.1) is 0 Å². The molecule has 0 saturated carbocycles. The van der Waals surface area contributed by atoms with Crippen LogP contribution in [0.5, 0.6) is 0 Å². The highest BCUT2D eigenvalue weighted by molar-refractivity contribution is 5.79. The number of aliphatic hydroxyl groups excluding tert-OH is 6. The Hall–Kier alpha value is -3.38. The summed E-state index contributed by atoms with van der Waals surface area (Å²) in [5.74, 6) is 0. The summed E-state index contributed by atoms with van der Waals surface area (Å²) in [7, 11) is 0. The van der Waals surface area contributed by atoms with Crippen LogP contribution in [0, 0.1) is 0 Å². The van der Waals surface area contributed by atoms with Crippen LogP contribution in [0.15, 0.2) is 72.8 Å². The first-order valence-electron chi connectivity index (χ1n) is 19.6. The van der Waals surface area contributed by atoms with Crippen molar-refractivity contribution in [1.82, 2.24) is 0 Å². The molecular formula is C42H66N4O6. The molecule has 0 heterocycles. The molecule has 0 atom stereocenters. The van der Waals surface area contributed by atoms with Crippen molar-refractivity contribution in [2.75, 3.05) is 98.5 Å². The van der Waals surface area contributed by atoms with Gasteiger partial charge in [0.25, 0.3) is 0 Å². The summed E-state index contributed by atoms with van der Waals surface area (Å²) in [5.41, 5.74) is 6.44. The second-order valence-electron chi connectivity index (χ2n) is 13.4. The van der Waals surface area contributed by atoms with Gasteiger partial charge in [-0.25, -0.2) is 0 Å². The van der Waals surface area contributed by atoms with E-state index < -0.39 is 0 Å². The first-order valence-corrected chi connectivity index (χ1v) is 19.6. The zero-order chi connectivity index (χ0) is 37.2. The van der Waals surface area contributed by atoms with Gasteiger partial charge in [0.2, 0.25) is 0 Å². The minimum atomic E-state index is 0.183. The van der Waals surface area contributed by atoms with E-state index in [0.717, 1.165) is 150 Å². The second kappa shape index (κ2) is 26.4. The number of unbranched alkanes of at least 4 members (excludes halogenated alkanes) is 6. The Kier molecular flexibility index (Phi) is 21.8. The number of aliphatic hydroxyl groups is 6. The number of hydrogen-bond acceptors (Lipinski definition) is 10. The van der Waals surface area contributed by atoms with E-state index in [2.05, 4.69) is 92.4 Å². The van der Waals surface area contributed by atoms with Crippen LogP contribution in [0.4, 0.5) is 34.1 Å². The number of anilines is 6. The first-order chi connectivity index (χ1) is 25.6. The van der Waals surface area contributed by atoms with E-state index >= 15 is 0 Å². The molecule has 0 aromatic heterocycles. The Morgan fingerprint density at radius 1 is 0.250 bits per heavy atom. The van der Waals surface area contributed by atoms with E-state index in [1.165, 1.54) is 0 Å². The molecule has 0 aliphatic heterocycles. The molecular weight excluding hydrogens is 656 g/mol. The van der Waals surface area contributed by atoms with Gasteiger partial charge in [-0.05, 0) is 150 Å². The van der Waals surface area contributed by atoms with Crippen LogP contribution in [0.3, 0.4) is 0 Å². The van der Waals surface area contributed by atoms with Gasteiger partial charge in [-0.2, -0.15) is 0 Å². The molecule has 0 spiro atoms. The van der Waals surface area contributed by atoms with E-state index in [1.54, 1.807) is 0 Å². The fourth-order valence-electron chi connectivity index (χ4n) is 6.48. The zero-order valence-corrected chi connectivity index (χ0v) is 31.4. The molecule has 0 fully saturated rings. The standard InChI is InChI=1S/C42H66N4O6/c47-31-7-1-25-43(26-2-8-32-48)37-13-19-40(20-14-37)46(41-21-15-38(16-22-41)44(27-3-9-33-49)28-4-10-34-50)42-23-17-39(18-24-42)45(29-5-11-35-51)30-6-12-36-52/h13-24,47-52H,1-12,25-36H2. The molecule has 290 valence electrons. The summed E-state index contributed by atoms with van der Waals surface area (Å²) in [5, 5.41) is 56.2. The summed E-state index contributed by atoms with van der Waals surface area (Å²) in [6.45, 7) is 6.17. The maximum Gasteiger partial charge on any atom is 0.0463 e. The topological polar surface area (TPSA) is 134 Å². The van der Waals surface area contributed by atoms with E-state index in [1.807, 2.05) is 0 Å². The molecule has 0 unspecified atom stereocenters. The van der Waals surface area contributed by atoms with E-state index in [0.29, 0.717) is 0 Å². The highest BCUT2D eigenvalue weighted by atomic mass is 16.3. The van der Waals surface area contributed by atoms with Crippen molar-refractivity contribution in [2.24, 2.45) is 0 Å². The first kappa shape index (κ1) is 43.0. The van der Waals surface area contributed by atoms with Crippen molar-refractivity contribution in [1.29, 1.82) is 0 Å². The maximum absolute atomic E-state index is 9.37. The molecule has 3 aromatic rings. The van der Waals surface area contributed by atoms with Crippen LogP contribution in [0.25, 0.3) is 0 Å². The molecule has 0 saturated heterocycles. The Morgan fingerprint density at radius 2 is 0.423 bits per heavy atom. The Labute approximate surface area is 312 Å². The van der Waals surface area contributed by atoms with Gasteiger partial charge >= 0.3 is 0 Å². The molecule has 0 aliphatic carbocycles. The number of rotatable bonds is 30. The molecule has 3 aromatic carbocycles. The number of hydrogen-bond donors (Lipinski definition) is 6. The lowest BCUT2D eigenvalue weighted by atomic mass is 10.1. The van der Waals surface area contributed by atoms with Crippen molar-refractivity contribution >= 4 is 34.1 Å². The van der Waals surface area contributed by atoms with Crippen LogP contribution in [-0.4, -0.2) is 110 Å². The van der Waals surface area contributed by atoms with Crippen molar-refractivity contribution < 1.29 is 30.6 Å². The quantitative estimate of drug-likeness (QED) is 0.0441. The highest BCUT2D eigenvalue weighted by Crippen LogP contribution is 2.37. The molecule has 10 heteroatoms. The lowest BCUT2D eigenvalue weighted by Gasteiger charge is -2.30. The molecule has 3 rings (SSSR count). The van der Waals surface area contributed by atoms with Crippen LogP contribution in [0.1, 0.15) is 77.0 Å². The molecule has 0 aliphatic rings. The van der Waals surface area contributed by atoms with Crippen molar-refractivity contribution in [2.45, 2.75) is 77.0 Å². The third kappa shape index (κ3) is 14.9. The van der Waals surface area contributed by atoms with Gasteiger partial charge in [0.05, 0.1) is 0 Å². The van der Waals surface area contributed by atoms with Crippen LogP contribution >= 0.6 is 0 Å². The number of nitrogens with zero attached hydrogens (tertiary/aromatic N) is 4. The largest absolute Gasteiger partial charge is 0.396 e. The second-order valence-corrected chi connectivity index (χ2v) is 13.4. The summed E-state index contributed by atoms with van der Waals surface area (Å²) >= 11 is 0. The fourth-order valence-corrected chi connectivity index (χ4v) is 6.48. The predicted molar refractivity (Wildman–Crippen MR) is 216 cm³/mol. The van der Waals surface area contributed by atoms with Crippen molar-refractivity contribution in [3.05, 3.63) is 72.8 Å². The third-order valence-electron chi connectivity index (χ3n) is 9.44. The van der Waals surface area contributed by atoms with Crippen LogP contribution in [0.2, 0.25) is 0 Å². The van der Waals surface area contributed by atoms with Crippen molar-refractivity contribution in [3.63, 3.8) is 0 Å². The normalized spacial score (nSPS) is 11.2. The third-order valence-corrected chi connectivity index (χ3v) is 9.44. The van der Waals surface area contributed by atoms with Gasteiger partial charge in [0.1, 0.15) is 0 Å². The van der Waals surface area contributed by atoms with Gasteiger partial charge in [-0.1, -0.05) is 0 Å². The van der Waals surface area contributed by atoms with Gasteiger partial charge in [-0.3, -0.25) is 0 Å². The average molecular weight is 723 g/mol. The summed E-state index contributed by atoms with van der Waals surface area (Å²) in [4.78, 5) is 9.29. The van der Waals surface area contributed by atoms with Gasteiger partial charge in [0.15, 0.2) is 0 Å². The summed E-state index contributed by atoms with van der Waals surface area (Å²) in [6.07, 6.45) is 9.95. The monoisotopic (exact) mass is 722 g/mol. The molecule has 0 radical (unpaired) electrons. The molecule has 10 nitrogen and oxygen atoms in total. The molecule has 0 bridgehead atoms. The number of benzene rings is 3. The Balaban J connectivity index is 1.97. The highest BCUT2D eigenvalue weighted by Gasteiger charge is 2.16. The minimum Gasteiger partial charge on any atom is -0.396 e. The van der Waals surface area contributed by atoms with E-state index in [-0.39, 0.29) is 39.6 Å². The predicted octanol–water partition coefficient (Wildman–Crippen LogP) is 6.21. The Bertz CT molecular complexity index is 1100. The summed E-state index contributed by atoms with van der Waals surface area (Å²) in [6, 6.07) is 25.9. The molecule has 0 amide bonds.